The lowest BCUT2D eigenvalue weighted by molar-refractivity contribution is 0.0699. The molecule has 1 aliphatic heterocycles. The Morgan fingerprint density at radius 2 is 2.17 bits per heavy atom. The van der Waals surface area contributed by atoms with E-state index in [-0.39, 0.29) is 0 Å². The molecule has 7 nitrogen and oxygen atoms in total. The fourth-order valence-electron chi connectivity index (χ4n) is 3.58. The third-order valence-corrected chi connectivity index (χ3v) is 6.25. The van der Waals surface area contributed by atoms with Gasteiger partial charge in [-0.25, -0.2) is 14.8 Å². The highest BCUT2D eigenvalue weighted by Crippen LogP contribution is 2.35. The minimum atomic E-state index is -0.911. The molecule has 0 radical (unpaired) electrons. The summed E-state index contributed by atoms with van der Waals surface area (Å²) < 4.78 is 0.948. The first-order chi connectivity index (χ1) is 14.1. The standard InChI is InChI=1S/C21H25N5O2S/c1-14-13-24-21(23-6-3-9-26-10-7-22-8-11-26)25-19(14)18-12-16-15(20(27)28)4-2-5-17(16)29-18/h2,4-5,12-13,22H,3,6-11H2,1H3,(H,27,28)(H,23,24,25). The molecule has 0 atom stereocenters. The lowest BCUT2D eigenvalue weighted by Crippen LogP contribution is -2.44. The van der Waals surface area contributed by atoms with Gasteiger partial charge in [-0.2, -0.15) is 0 Å². The maximum atomic E-state index is 11.5. The number of nitrogens with zero attached hydrogens (tertiary/aromatic N) is 3. The van der Waals surface area contributed by atoms with Gasteiger partial charge in [0.1, 0.15) is 0 Å². The number of hydrogen-bond donors (Lipinski definition) is 3. The van der Waals surface area contributed by atoms with Crippen LogP contribution >= 0.6 is 11.3 Å². The number of aryl methyl sites for hydroxylation is 1. The molecule has 0 unspecified atom stereocenters. The molecule has 29 heavy (non-hydrogen) atoms. The number of thiophene rings is 1. The van der Waals surface area contributed by atoms with E-state index in [0.29, 0.717) is 11.5 Å². The van der Waals surface area contributed by atoms with Crippen molar-refractivity contribution < 1.29 is 9.90 Å². The molecule has 1 aromatic carbocycles. The first-order valence-corrected chi connectivity index (χ1v) is 10.7. The Kier molecular flexibility index (Phi) is 6.03. The van der Waals surface area contributed by atoms with Crippen LogP contribution in [0.2, 0.25) is 0 Å². The average Bonchev–Trinajstić information content (AvgIpc) is 3.17. The second-order valence-corrected chi connectivity index (χ2v) is 8.31. The predicted molar refractivity (Wildman–Crippen MR) is 117 cm³/mol. The van der Waals surface area contributed by atoms with Crippen molar-refractivity contribution in [1.29, 1.82) is 0 Å². The highest BCUT2D eigenvalue weighted by Gasteiger charge is 2.15. The van der Waals surface area contributed by atoms with Gasteiger partial charge in [-0.05, 0) is 43.7 Å². The smallest absolute Gasteiger partial charge is 0.336 e. The maximum Gasteiger partial charge on any atom is 0.336 e. The van der Waals surface area contributed by atoms with E-state index in [0.717, 1.165) is 71.9 Å². The number of carbonyl (C=O) groups is 1. The minimum absolute atomic E-state index is 0.322. The van der Waals surface area contributed by atoms with Gasteiger partial charge in [0.2, 0.25) is 5.95 Å². The van der Waals surface area contributed by atoms with Gasteiger partial charge in [-0.15, -0.1) is 11.3 Å². The molecule has 1 saturated heterocycles. The number of hydrogen-bond acceptors (Lipinski definition) is 7. The Balaban J connectivity index is 1.47. The van der Waals surface area contributed by atoms with Gasteiger partial charge >= 0.3 is 5.97 Å². The van der Waals surface area contributed by atoms with Crippen LogP contribution in [0.5, 0.6) is 0 Å². The number of carboxylic acids is 1. The summed E-state index contributed by atoms with van der Waals surface area (Å²) in [6.07, 6.45) is 2.86. The van der Waals surface area contributed by atoms with E-state index in [9.17, 15) is 9.90 Å². The second-order valence-electron chi connectivity index (χ2n) is 7.23. The predicted octanol–water partition coefficient (Wildman–Crippen LogP) is 3.07. The molecule has 0 bridgehead atoms. The van der Waals surface area contributed by atoms with Crippen molar-refractivity contribution in [2.75, 3.05) is 44.6 Å². The average molecular weight is 412 g/mol. The van der Waals surface area contributed by atoms with Crippen LogP contribution in [0.3, 0.4) is 0 Å². The summed E-state index contributed by atoms with van der Waals surface area (Å²) in [7, 11) is 0. The normalized spacial score (nSPS) is 14.9. The van der Waals surface area contributed by atoms with Gasteiger partial charge in [0.25, 0.3) is 0 Å². The van der Waals surface area contributed by atoms with E-state index < -0.39 is 5.97 Å². The Bertz CT molecular complexity index is 1010. The first kappa shape index (κ1) is 19.8. The molecule has 1 fully saturated rings. The number of nitrogens with one attached hydrogen (secondary N) is 2. The second kappa shape index (κ2) is 8.86. The first-order valence-electron chi connectivity index (χ1n) is 9.88. The number of fused-ring (bicyclic) bond motifs is 1. The molecule has 0 aliphatic carbocycles. The summed E-state index contributed by atoms with van der Waals surface area (Å²) in [5.41, 5.74) is 2.14. The van der Waals surface area contributed by atoms with E-state index in [1.807, 2.05) is 25.3 Å². The van der Waals surface area contributed by atoms with Crippen molar-refractivity contribution in [2.45, 2.75) is 13.3 Å². The largest absolute Gasteiger partial charge is 0.478 e. The third-order valence-electron chi connectivity index (χ3n) is 5.14. The molecule has 3 aromatic rings. The van der Waals surface area contributed by atoms with Crippen molar-refractivity contribution in [2.24, 2.45) is 0 Å². The van der Waals surface area contributed by atoms with Crippen LogP contribution < -0.4 is 10.6 Å². The quantitative estimate of drug-likeness (QED) is 0.515. The lowest BCUT2D eigenvalue weighted by Gasteiger charge is -2.27. The zero-order valence-electron chi connectivity index (χ0n) is 16.4. The molecular weight excluding hydrogens is 386 g/mol. The summed E-state index contributed by atoms with van der Waals surface area (Å²) in [5, 5.41) is 16.9. The maximum absolute atomic E-state index is 11.5. The molecule has 3 N–H and O–H groups in total. The van der Waals surface area contributed by atoms with Crippen LogP contribution in [0, 0.1) is 6.92 Å². The van der Waals surface area contributed by atoms with Gasteiger partial charge in [0.05, 0.1) is 16.1 Å². The van der Waals surface area contributed by atoms with Crippen molar-refractivity contribution in [3.8, 4) is 10.6 Å². The number of carboxylic acid groups (broad SMARTS) is 1. The molecule has 0 amide bonds. The minimum Gasteiger partial charge on any atom is -0.478 e. The molecule has 8 heteroatoms. The lowest BCUT2D eigenvalue weighted by atomic mass is 10.1. The Hall–Kier alpha value is -2.55. The number of benzene rings is 1. The van der Waals surface area contributed by atoms with Gasteiger partial charge < -0.3 is 20.6 Å². The number of anilines is 1. The fraction of sp³-hybridized carbons (Fsp3) is 0.381. The van der Waals surface area contributed by atoms with Gasteiger partial charge in [-0.1, -0.05) is 6.07 Å². The van der Waals surface area contributed by atoms with E-state index in [1.54, 1.807) is 23.5 Å². The van der Waals surface area contributed by atoms with E-state index in [2.05, 4.69) is 20.5 Å². The molecule has 0 spiro atoms. The molecule has 0 saturated carbocycles. The third kappa shape index (κ3) is 4.55. The summed E-state index contributed by atoms with van der Waals surface area (Å²) in [6.45, 7) is 8.22. The molecule has 3 heterocycles. The summed E-state index contributed by atoms with van der Waals surface area (Å²) in [5.74, 6) is -0.298. The molecule has 2 aromatic heterocycles. The number of rotatable bonds is 7. The number of piperazine rings is 1. The van der Waals surface area contributed by atoms with Crippen molar-refractivity contribution in [3.63, 3.8) is 0 Å². The monoisotopic (exact) mass is 411 g/mol. The van der Waals surface area contributed by atoms with Gasteiger partial charge in [0, 0.05) is 49.0 Å². The van der Waals surface area contributed by atoms with Crippen molar-refractivity contribution >= 4 is 33.3 Å². The van der Waals surface area contributed by atoms with E-state index in [1.165, 1.54) is 0 Å². The zero-order valence-corrected chi connectivity index (χ0v) is 17.3. The topological polar surface area (TPSA) is 90.4 Å². The molecular formula is C21H25N5O2S. The zero-order chi connectivity index (χ0) is 20.2. The highest BCUT2D eigenvalue weighted by molar-refractivity contribution is 7.22. The van der Waals surface area contributed by atoms with Crippen LogP contribution in [-0.2, 0) is 0 Å². The summed E-state index contributed by atoms with van der Waals surface area (Å²) in [4.78, 5) is 24.1. The Morgan fingerprint density at radius 1 is 1.34 bits per heavy atom. The Morgan fingerprint density at radius 3 is 2.97 bits per heavy atom. The summed E-state index contributed by atoms with van der Waals surface area (Å²) >= 11 is 1.56. The number of aromatic carboxylic acids is 1. The number of aromatic nitrogens is 2. The summed E-state index contributed by atoms with van der Waals surface area (Å²) in [6, 6.07) is 7.29. The van der Waals surface area contributed by atoms with Crippen LogP contribution in [0.1, 0.15) is 22.3 Å². The Labute approximate surface area is 173 Å². The van der Waals surface area contributed by atoms with E-state index in [4.69, 9.17) is 4.98 Å². The fourth-order valence-corrected chi connectivity index (χ4v) is 4.72. The van der Waals surface area contributed by atoms with Crippen LogP contribution in [-0.4, -0.2) is 65.2 Å². The van der Waals surface area contributed by atoms with Crippen molar-refractivity contribution in [3.05, 3.63) is 41.6 Å². The van der Waals surface area contributed by atoms with Crippen molar-refractivity contribution in [1.82, 2.24) is 20.2 Å². The molecule has 152 valence electrons. The van der Waals surface area contributed by atoms with Crippen LogP contribution in [0.4, 0.5) is 5.95 Å². The molecule has 4 rings (SSSR count). The van der Waals surface area contributed by atoms with Gasteiger partial charge in [-0.3, -0.25) is 0 Å². The molecule has 1 aliphatic rings. The van der Waals surface area contributed by atoms with E-state index >= 15 is 0 Å². The van der Waals surface area contributed by atoms with Gasteiger partial charge in [0.15, 0.2) is 0 Å². The van der Waals surface area contributed by atoms with Crippen LogP contribution in [0.15, 0.2) is 30.5 Å². The SMILES string of the molecule is Cc1cnc(NCCCN2CCNCC2)nc1-c1cc2c(C(=O)O)cccc2s1. The van der Waals surface area contributed by atoms with Crippen LogP contribution in [0.25, 0.3) is 20.7 Å². The highest BCUT2D eigenvalue weighted by atomic mass is 32.1.